The van der Waals surface area contributed by atoms with Gasteiger partial charge in [0, 0.05) is 18.9 Å². The smallest absolute Gasteiger partial charge is 0.179 e. The Labute approximate surface area is 153 Å². The summed E-state index contributed by atoms with van der Waals surface area (Å²) in [5.74, 6) is -2.22. The average Bonchev–Trinajstić information content (AvgIpc) is 3.12. The first-order valence-electron chi connectivity index (χ1n) is 8.56. The van der Waals surface area contributed by atoms with Gasteiger partial charge in [-0.25, -0.2) is 23.4 Å². The predicted octanol–water partition coefficient (Wildman–Crippen LogP) is 3.49. The van der Waals surface area contributed by atoms with Gasteiger partial charge in [0.15, 0.2) is 40.8 Å². The molecule has 2 aromatic heterocycles. The highest BCUT2D eigenvalue weighted by Crippen LogP contribution is 2.36. The summed E-state index contributed by atoms with van der Waals surface area (Å²) in [5, 5.41) is 4.97. The molecule has 1 aliphatic rings. The van der Waals surface area contributed by atoms with E-state index in [-0.39, 0.29) is 23.6 Å². The number of nitrogens with zero attached hydrogens (tertiary/aromatic N) is 4. The van der Waals surface area contributed by atoms with Gasteiger partial charge in [-0.2, -0.15) is 5.10 Å². The van der Waals surface area contributed by atoms with Crippen molar-refractivity contribution in [3.63, 3.8) is 0 Å². The molecule has 27 heavy (non-hydrogen) atoms. The molecule has 0 radical (unpaired) electrons. The molecular weight excluding hydrogens is 358 g/mol. The molecule has 0 saturated carbocycles. The Morgan fingerprint density at radius 3 is 2.48 bits per heavy atom. The van der Waals surface area contributed by atoms with Crippen molar-refractivity contribution in [1.82, 2.24) is 19.7 Å². The second-order valence-corrected chi connectivity index (χ2v) is 6.17. The maximum Gasteiger partial charge on any atom is 0.179 e. The van der Waals surface area contributed by atoms with Crippen molar-refractivity contribution in [3.05, 3.63) is 30.1 Å². The van der Waals surface area contributed by atoms with Gasteiger partial charge in [-0.05, 0) is 19.3 Å². The topological polar surface area (TPSA) is 71.3 Å². The summed E-state index contributed by atoms with van der Waals surface area (Å²) in [5.41, 5.74) is 0.0397. The van der Waals surface area contributed by atoms with Gasteiger partial charge in [-0.3, -0.25) is 0 Å². The average molecular weight is 376 g/mol. The standard InChI is InChI=1S/C18H18F2N4O3/c1-25-11-7-12(26-2)16(20)14(15(11)19)17-21-8-10-9-22-24(18(10)23-17)13-5-3-4-6-27-13/h7-9,13H,3-6H2,1-2H3. The summed E-state index contributed by atoms with van der Waals surface area (Å²) in [4.78, 5) is 8.48. The maximum absolute atomic E-state index is 14.8. The molecule has 0 bridgehead atoms. The second-order valence-electron chi connectivity index (χ2n) is 6.17. The summed E-state index contributed by atoms with van der Waals surface area (Å²) in [7, 11) is 2.58. The van der Waals surface area contributed by atoms with Gasteiger partial charge in [0.2, 0.25) is 0 Å². The third-order valence-corrected chi connectivity index (χ3v) is 4.56. The lowest BCUT2D eigenvalue weighted by Gasteiger charge is -2.23. The summed E-state index contributed by atoms with van der Waals surface area (Å²) < 4.78 is 46.9. The first kappa shape index (κ1) is 17.6. The second kappa shape index (κ2) is 7.07. The molecule has 1 fully saturated rings. The molecule has 4 rings (SSSR count). The van der Waals surface area contributed by atoms with E-state index in [1.165, 1.54) is 20.4 Å². The summed E-state index contributed by atoms with van der Waals surface area (Å²) in [6, 6.07) is 1.15. The fourth-order valence-electron chi connectivity index (χ4n) is 3.17. The number of methoxy groups -OCH3 is 2. The molecule has 1 aliphatic heterocycles. The molecule has 0 spiro atoms. The number of aromatic nitrogens is 4. The number of ether oxygens (including phenoxy) is 3. The lowest BCUT2D eigenvalue weighted by atomic mass is 10.1. The Morgan fingerprint density at radius 2 is 1.85 bits per heavy atom. The van der Waals surface area contributed by atoms with E-state index >= 15 is 0 Å². The van der Waals surface area contributed by atoms with Crippen LogP contribution in [0.1, 0.15) is 25.5 Å². The summed E-state index contributed by atoms with van der Waals surface area (Å²) >= 11 is 0. The first-order chi connectivity index (χ1) is 13.1. The van der Waals surface area contributed by atoms with Crippen molar-refractivity contribution in [3.8, 4) is 22.9 Å². The van der Waals surface area contributed by atoms with Crippen molar-refractivity contribution in [1.29, 1.82) is 0 Å². The van der Waals surface area contributed by atoms with Crippen molar-refractivity contribution < 1.29 is 23.0 Å². The van der Waals surface area contributed by atoms with Crippen molar-refractivity contribution in [2.75, 3.05) is 20.8 Å². The number of benzene rings is 1. The van der Waals surface area contributed by atoms with Gasteiger partial charge < -0.3 is 14.2 Å². The molecule has 1 aromatic carbocycles. The molecule has 3 aromatic rings. The minimum Gasteiger partial charge on any atom is -0.494 e. The van der Waals surface area contributed by atoms with E-state index in [0.717, 1.165) is 25.3 Å². The summed E-state index contributed by atoms with van der Waals surface area (Å²) in [6.07, 6.45) is 5.64. The highest BCUT2D eigenvalue weighted by Gasteiger charge is 2.25. The van der Waals surface area contributed by atoms with E-state index in [4.69, 9.17) is 14.2 Å². The molecule has 7 nitrogen and oxygen atoms in total. The van der Waals surface area contributed by atoms with Gasteiger partial charge in [0.05, 0.1) is 31.4 Å². The minimum absolute atomic E-state index is 0.118. The largest absolute Gasteiger partial charge is 0.494 e. The normalized spacial score (nSPS) is 17.3. The van der Waals surface area contributed by atoms with Crippen molar-refractivity contribution in [2.45, 2.75) is 25.5 Å². The van der Waals surface area contributed by atoms with E-state index in [2.05, 4.69) is 15.1 Å². The minimum atomic E-state index is -0.893. The fraction of sp³-hybridized carbons (Fsp3) is 0.389. The van der Waals surface area contributed by atoms with Crippen LogP contribution in [0.15, 0.2) is 18.5 Å². The van der Waals surface area contributed by atoms with Crippen LogP contribution >= 0.6 is 0 Å². The molecule has 9 heteroatoms. The van der Waals surface area contributed by atoms with Crippen LogP contribution in [0.3, 0.4) is 0 Å². The lowest BCUT2D eigenvalue weighted by molar-refractivity contribution is -0.0370. The van der Waals surface area contributed by atoms with Crippen LogP contribution in [-0.4, -0.2) is 40.6 Å². The molecule has 1 unspecified atom stereocenters. The zero-order chi connectivity index (χ0) is 19.0. The van der Waals surface area contributed by atoms with Crippen LogP contribution in [0.25, 0.3) is 22.4 Å². The van der Waals surface area contributed by atoms with Crippen LogP contribution in [0.2, 0.25) is 0 Å². The Bertz CT molecular complexity index is 958. The van der Waals surface area contributed by atoms with Crippen molar-refractivity contribution in [2.24, 2.45) is 0 Å². The molecular formula is C18H18F2N4O3. The quantitative estimate of drug-likeness (QED) is 0.694. The van der Waals surface area contributed by atoms with Crippen LogP contribution in [-0.2, 0) is 4.74 Å². The van der Waals surface area contributed by atoms with Crippen LogP contribution in [0, 0.1) is 11.6 Å². The van der Waals surface area contributed by atoms with E-state index in [1.807, 2.05) is 0 Å². The fourth-order valence-corrected chi connectivity index (χ4v) is 3.17. The number of halogens is 2. The van der Waals surface area contributed by atoms with Crippen LogP contribution in [0.5, 0.6) is 11.5 Å². The Kier molecular flexibility index (Phi) is 4.61. The van der Waals surface area contributed by atoms with E-state index < -0.39 is 17.2 Å². The van der Waals surface area contributed by atoms with E-state index in [1.54, 1.807) is 10.9 Å². The molecule has 1 atom stereocenters. The third-order valence-electron chi connectivity index (χ3n) is 4.56. The number of hydrogen-bond acceptors (Lipinski definition) is 6. The highest BCUT2D eigenvalue weighted by atomic mass is 19.1. The van der Waals surface area contributed by atoms with Crippen LogP contribution in [0.4, 0.5) is 8.78 Å². The Morgan fingerprint density at radius 1 is 1.11 bits per heavy atom. The van der Waals surface area contributed by atoms with Gasteiger partial charge in [-0.1, -0.05) is 0 Å². The highest BCUT2D eigenvalue weighted by molar-refractivity contribution is 5.76. The number of fused-ring (bicyclic) bond motifs is 1. The molecule has 3 heterocycles. The SMILES string of the molecule is COc1cc(OC)c(F)c(-c2ncc3cnn(C4CCCCO4)c3n2)c1F. The molecule has 142 valence electrons. The van der Waals surface area contributed by atoms with E-state index in [0.29, 0.717) is 17.6 Å². The van der Waals surface area contributed by atoms with Gasteiger partial charge in [0.1, 0.15) is 0 Å². The van der Waals surface area contributed by atoms with E-state index in [9.17, 15) is 8.78 Å². The zero-order valence-corrected chi connectivity index (χ0v) is 14.9. The first-order valence-corrected chi connectivity index (χ1v) is 8.56. The maximum atomic E-state index is 14.8. The van der Waals surface area contributed by atoms with Gasteiger partial charge in [0.25, 0.3) is 0 Å². The monoisotopic (exact) mass is 376 g/mol. The van der Waals surface area contributed by atoms with Crippen LogP contribution < -0.4 is 9.47 Å². The molecule has 0 amide bonds. The predicted molar refractivity (Wildman–Crippen MR) is 92.6 cm³/mol. The zero-order valence-electron chi connectivity index (χ0n) is 14.9. The Balaban J connectivity index is 1.87. The van der Waals surface area contributed by atoms with Gasteiger partial charge >= 0.3 is 0 Å². The molecule has 0 aliphatic carbocycles. The third kappa shape index (κ3) is 2.97. The Hall–Kier alpha value is -2.81. The molecule has 1 saturated heterocycles. The lowest BCUT2D eigenvalue weighted by Crippen LogP contribution is -2.19. The number of hydrogen-bond donors (Lipinski definition) is 0. The van der Waals surface area contributed by atoms with Gasteiger partial charge in [-0.15, -0.1) is 0 Å². The van der Waals surface area contributed by atoms with Crippen molar-refractivity contribution >= 4 is 11.0 Å². The number of rotatable bonds is 4. The summed E-state index contributed by atoms with van der Waals surface area (Å²) in [6.45, 7) is 0.639. The molecule has 0 N–H and O–H groups in total.